The lowest BCUT2D eigenvalue weighted by Crippen LogP contribution is -2.24. The third-order valence-corrected chi connectivity index (χ3v) is 3.08. The maximum atomic E-state index is 12.0. The topological polar surface area (TPSA) is 55.4 Å². The van der Waals surface area contributed by atoms with Crippen LogP contribution in [-0.4, -0.2) is 17.5 Å². The molecule has 4 heteroatoms. The van der Waals surface area contributed by atoms with E-state index in [-0.39, 0.29) is 11.9 Å². The summed E-state index contributed by atoms with van der Waals surface area (Å²) in [5, 5.41) is 2.85. The zero-order valence-corrected chi connectivity index (χ0v) is 13.6. The predicted molar refractivity (Wildman–Crippen MR) is 89.2 cm³/mol. The van der Waals surface area contributed by atoms with Gasteiger partial charge in [0.05, 0.1) is 5.56 Å². The van der Waals surface area contributed by atoms with Crippen LogP contribution < -0.4 is 5.32 Å². The van der Waals surface area contributed by atoms with Gasteiger partial charge in [0.25, 0.3) is 5.91 Å². The molecule has 0 radical (unpaired) electrons. The van der Waals surface area contributed by atoms with Crippen LogP contribution >= 0.6 is 0 Å². The van der Waals surface area contributed by atoms with Crippen molar-refractivity contribution in [2.24, 2.45) is 0 Å². The fourth-order valence-corrected chi connectivity index (χ4v) is 1.97. The summed E-state index contributed by atoms with van der Waals surface area (Å²) in [4.78, 5) is 23.9. The number of nitrogens with one attached hydrogen (secondary N) is 1. The number of carbonyl (C=O) groups is 2. The van der Waals surface area contributed by atoms with Crippen LogP contribution in [0.4, 0.5) is 0 Å². The van der Waals surface area contributed by atoms with E-state index in [2.05, 4.69) is 5.32 Å². The second-order valence-corrected chi connectivity index (χ2v) is 6.25. The molecule has 0 fully saturated rings. The Labute approximate surface area is 136 Å². The lowest BCUT2D eigenvalue weighted by atomic mass is 10.1. The Morgan fingerprint density at radius 3 is 2.09 bits per heavy atom. The number of amides is 1. The van der Waals surface area contributed by atoms with Crippen molar-refractivity contribution in [2.45, 2.75) is 32.9 Å². The van der Waals surface area contributed by atoms with Gasteiger partial charge >= 0.3 is 5.97 Å². The molecule has 2 rings (SSSR count). The molecule has 0 unspecified atom stereocenters. The molecule has 0 heterocycles. The van der Waals surface area contributed by atoms with Gasteiger partial charge < -0.3 is 10.1 Å². The minimum atomic E-state index is -0.514. The molecule has 0 saturated heterocycles. The normalized spacial score (nSPS) is 10.9. The number of hydrogen-bond acceptors (Lipinski definition) is 3. The van der Waals surface area contributed by atoms with Gasteiger partial charge in [0.2, 0.25) is 0 Å². The summed E-state index contributed by atoms with van der Waals surface area (Å²) in [6, 6.07) is 16.1. The van der Waals surface area contributed by atoms with E-state index < -0.39 is 5.60 Å². The van der Waals surface area contributed by atoms with Crippen LogP contribution in [0.3, 0.4) is 0 Å². The molecule has 2 aromatic carbocycles. The molecule has 120 valence electrons. The maximum Gasteiger partial charge on any atom is 0.338 e. The van der Waals surface area contributed by atoms with Crippen LogP contribution in [0.15, 0.2) is 54.6 Å². The second-order valence-electron chi connectivity index (χ2n) is 6.25. The Bertz CT molecular complexity index is 670. The van der Waals surface area contributed by atoms with Gasteiger partial charge in [-0.3, -0.25) is 4.79 Å². The average molecular weight is 311 g/mol. The van der Waals surface area contributed by atoms with Crippen LogP contribution in [0.5, 0.6) is 0 Å². The molecule has 4 nitrogen and oxygen atoms in total. The molecule has 0 aromatic heterocycles. The Morgan fingerprint density at radius 1 is 0.913 bits per heavy atom. The number of hydrogen-bond donors (Lipinski definition) is 1. The summed E-state index contributed by atoms with van der Waals surface area (Å²) in [5.74, 6) is -0.473. The number of esters is 1. The molecule has 0 atom stereocenters. The van der Waals surface area contributed by atoms with E-state index >= 15 is 0 Å². The Kier molecular flexibility index (Phi) is 5.16. The maximum absolute atomic E-state index is 12.0. The van der Waals surface area contributed by atoms with E-state index in [1.165, 1.54) is 0 Å². The molecule has 1 N–H and O–H groups in total. The third-order valence-electron chi connectivity index (χ3n) is 3.08. The fourth-order valence-electron chi connectivity index (χ4n) is 1.97. The minimum Gasteiger partial charge on any atom is -0.456 e. The van der Waals surface area contributed by atoms with Crippen LogP contribution in [0.25, 0.3) is 0 Å². The van der Waals surface area contributed by atoms with Crippen molar-refractivity contribution < 1.29 is 14.3 Å². The van der Waals surface area contributed by atoms with Crippen molar-refractivity contribution in [1.82, 2.24) is 5.32 Å². The number of benzene rings is 2. The Balaban J connectivity index is 1.93. The van der Waals surface area contributed by atoms with Crippen molar-refractivity contribution in [3.05, 3.63) is 71.3 Å². The zero-order valence-electron chi connectivity index (χ0n) is 13.6. The van der Waals surface area contributed by atoms with Gasteiger partial charge in [-0.05, 0) is 50.6 Å². The summed E-state index contributed by atoms with van der Waals surface area (Å²) in [7, 11) is 0. The molecule has 2 aromatic rings. The van der Waals surface area contributed by atoms with E-state index in [0.717, 1.165) is 5.56 Å². The monoisotopic (exact) mass is 311 g/mol. The molecule has 1 amide bonds. The first-order valence-corrected chi connectivity index (χ1v) is 7.51. The lowest BCUT2D eigenvalue weighted by molar-refractivity contribution is 0.00694. The molecule has 0 saturated carbocycles. The highest BCUT2D eigenvalue weighted by molar-refractivity contribution is 5.94. The van der Waals surface area contributed by atoms with E-state index in [4.69, 9.17) is 4.74 Å². The van der Waals surface area contributed by atoms with Crippen molar-refractivity contribution >= 4 is 11.9 Å². The average Bonchev–Trinajstić information content (AvgIpc) is 2.52. The smallest absolute Gasteiger partial charge is 0.338 e. The van der Waals surface area contributed by atoms with Gasteiger partial charge in [0.15, 0.2) is 0 Å². The van der Waals surface area contributed by atoms with Gasteiger partial charge in [-0.15, -0.1) is 0 Å². The summed E-state index contributed by atoms with van der Waals surface area (Å²) >= 11 is 0. The summed E-state index contributed by atoms with van der Waals surface area (Å²) < 4.78 is 5.31. The predicted octanol–water partition coefficient (Wildman–Crippen LogP) is 3.57. The summed E-state index contributed by atoms with van der Waals surface area (Å²) in [6.45, 7) is 5.90. The third kappa shape index (κ3) is 5.25. The number of ether oxygens (including phenoxy) is 1. The van der Waals surface area contributed by atoms with Crippen LogP contribution in [-0.2, 0) is 11.3 Å². The first-order valence-electron chi connectivity index (χ1n) is 7.51. The highest BCUT2D eigenvalue weighted by atomic mass is 16.6. The van der Waals surface area contributed by atoms with E-state index in [0.29, 0.717) is 17.7 Å². The first-order chi connectivity index (χ1) is 10.8. The zero-order chi connectivity index (χ0) is 16.9. The van der Waals surface area contributed by atoms with Crippen LogP contribution in [0, 0.1) is 0 Å². The lowest BCUT2D eigenvalue weighted by Gasteiger charge is -2.19. The summed E-state index contributed by atoms with van der Waals surface area (Å²) in [6.07, 6.45) is 0. The Morgan fingerprint density at radius 2 is 1.52 bits per heavy atom. The van der Waals surface area contributed by atoms with Gasteiger partial charge in [-0.2, -0.15) is 0 Å². The summed E-state index contributed by atoms with van der Waals surface area (Å²) in [5.41, 5.74) is 1.52. The molecule has 0 spiro atoms. The van der Waals surface area contributed by atoms with Gasteiger partial charge in [0, 0.05) is 12.1 Å². The molecule has 0 aliphatic rings. The Hall–Kier alpha value is -2.62. The fraction of sp³-hybridized carbons (Fsp3) is 0.263. The van der Waals surface area contributed by atoms with Gasteiger partial charge in [-0.25, -0.2) is 4.79 Å². The van der Waals surface area contributed by atoms with E-state index in [9.17, 15) is 9.59 Å². The largest absolute Gasteiger partial charge is 0.456 e. The highest BCUT2D eigenvalue weighted by Crippen LogP contribution is 2.13. The molecule has 23 heavy (non-hydrogen) atoms. The van der Waals surface area contributed by atoms with Crippen LogP contribution in [0.2, 0.25) is 0 Å². The van der Waals surface area contributed by atoms with Crippen LogP contribution in [0.1, 0.15) is 47.1 Å². The van der Waals surface area contributed by atoms with Gasteiger partial charge in [-0.1, -0.05) is 30.3 Å². The molecule has 0 aliphatic carbocycles. The second kappa shape index (κ2) is 7.09. The van der Waals surface area contributed by atoms with E-state index in [1.54, 1.807) is 24.3 Å². The SMILES string of the molecule is CC(C)(C)OC(=O)c1ccc(CNC(=O)c2ccccc2)cc1. The minimum absolute atomic E-state index is 0.123. The molecular weight excluding hydrogens is 290 g/mol. The molecule has 0 aliphatic heterocycles. The number of rotatable bonds is 4. The molecular formula is C19H21NO3. The molecule has 0 bridgehead atoms. The van der Waals surface area contributed by atoms with Crippen molar-refractivity contribution in [2.75, 3.05) is 0 Å². The van der Waals surface area contributed by atoms with Gasteiger partial charge in [0.1, 0.15) is 5.60 Å². The standard InChI is InChI=1S/C19H21NO3/c1-19(2,3)23-18(22)16-11-9-14(10-12-16)13-20-17(21)15-7-5-4-6-8-15/h4-12H,13H2,1-3H3,(H,20,21). The van der Waals surface area contributed by atoms with Crippen molar-refractivity contribution in [3.8, 4) is 0 Å². The van der Waals surface area contributed by atoms with E-state index in [1.807, 2.05) is 51.1 Å². The van der Waals surface area contributed by atoms with Crippen molar-refractivity contribution in [1.29, 1.82) is 0 Å². The number of carbonyl (C=O) groups excluding carboxylic acids is 2. The first kappa shape index (κ1) is 16.7. The van der Waals surface area contributed by atoms with Crippen molar-refractivity contribution in [3.63, 3.8) is 0 Å². The quantitative estimate of drug-likeness (QED) is 0.878. The highest BCUT2D eigenvalue weighted by Gasteiger charge is 2.17.